The van der Waals surface area contributed by atoms with E-state index >= 15 is 0 Å². The highest BCUT2D eigenvalue weighted by atomic mass is 32.1. The first-order valence-corrected chi connectivity index (χ1v) is 10.00. The number of carbonyl (C=O) groups is 1. The Hall–Kier alpha value is -1.93. The Labute approximate surface area is 162 Å². The van der Waals surface area contributed by atoms with Gasteiger partial charge in [-0.15, -0.1) is 11.3 Å². The van der Waals surface area contributed by atoms with E-state index in [0.717, 1.165) is 47.8 Å². The number of nitrogens with zero attached hydrogens (tertiary/aromatic N) is 2. The fourth-order valence-electron chi connectivity index (χ4n) is 3.22. The first-order chi connectivity index (χ1) is 12.4. The first-order valence-electron chi connectivity index (χ1n) is 8.77. The zero-order chi connectivity index (χ0) is 18.8. The maximum Gasteiger partial charge on any atom is 0.341 e. The van der Waals surface area contributed by atoms with E-state index in [1.54, 1.807) is 11.3 Å². The number of carbonyl (C=O) groups excluding carboxylic acids is 1. The molecule has 1 unspecified atom stereocenters. The van der Waals surface area contributed by atoms with E-state index in [-0.39, 0.29) is 5.97 Å². The molecule has 2 aromatic rings. The molecule has 0 aliphatic heterocycles. The van der Waals surface area contributed by atoms with E-state index < -0.39 is 0 Å². The Morgan fingerprint density at radius 2 is 2.27 bits per heavy atom. The number of esters is 1. The second-order valence-corrected chi connectivity index (χ2v) is 8.12. The van der Waals surface area contributed by atoms with Crippen molar-refractivity contribution in [3.8, 4) is 0 Å². The number of anilines is 2. The average molecular weight is 393 g/mol. The molecule has 0 saturated carbocycles. The van der Waals surface area contributed by atoms with Crippen LogP contribution in [0.1, 0.15) is 46.8 Å². The maximum atomic E-state index is 12.4. The third kappa shape index (κ3) is 3.76. The lowest BCUT2D eigenvalue weighted by Gasteiger charge is -2.18. The van der Waals surface area contributed by atoms with Crippen molar-refractivity contribution in [2.24, 2.45) is 5.92 Å². The van der Waals surface area contributed by atoms with Crippen LogP contribution in [0.2, 0.25) is 0 Å². The van der Waals surface area contributed by atoms with Crippen LogP contribution in [-0.2, 0) is 24.1 Å². The van der Waals surface area contributed by atoms with Gasteiger partial charge in [0, 0.05) is 17.6 Å². The molecule has 2 N–H and O–H groups in total. The summed E-state index contributed by atoms with van der Waals surface area (Å²) in [5, 5.41) is 12.0. The minimum absolute atomic E-state index is 0.308. The highest BCUT2D eigenvalue weighted by Crippen LogP contribution is 2.40. The molecule has 0 spiro atoms. The Kier molecular flexibility index (Phi) is 5.62. The van der Waals surface area contributed by atoms with Crippen molar-refractivity contribution in [3.63, 3.8) is 0 Å². The molecule has 6 nitrogen and oxygen atoms in total. The van der Waals surface area contributed by atoms with E-state index in [2.05, 4.69) is 22.7 Å². The summed E-state index contributed by atoms with van der Waals surface area (Å²) in [5.41, 5.74) is 3.48. The van der Waals surface area contributed by atoms with Crippen molar-refractivity contribution in [1.82, 2.24) is 9.78 Å². The number of aryl methyl sites for hydroxylation is 2. The summed E-state index contributed by atoms with van der Waals surface area (Å²) in [5.74, 6) is 0.324. The number of methoxy groups -OCH3 is 1. The van der Waals surface area contributed by atoms with Gasteiger partial charge in [0.1, 0.15) is 5.00 Å². The molecular formula is C18H24N4O2S2. The fourth-order valence-corrected chi connectivity index (χ4v) is 4.90. The molecule has 0 radical (unpaired) electrons. The molecule has 0 saturated heterocycles. The summed E-state index contributed by atoms with van der Waals surface area (Å²) in [7, 11) is 1.42. The SMILES string of the molecule is CCn1cc(NC(=S)Nc2sc3c(c2C(=O)OC)CCC(C)C3)c(C)n1. The van der Waals surface area contributed by atoms with Crippen molar-refractivity contribution in [2.45, 2.75) is 46.6 Å². The number of hydrogen-bond acceptors (Lipinski definition) is 5. The van der Waals surface area contributed by atoms with E-state index in [9.17, 15) is 4.79 Å². The molecule has 3 rings (SSSR count). The molecule has 0 amide bonds. The molecule has 1 aliphatic carbocycles. The van der Waals surface area contributed by atoms with Gasteiger partial charge in [-0.25, -0.2) is 4.79 Å². The van der Waals surface area contributed by atoms with Gasteiger partial charge in [-0.05, 0) is 56.8 Å². The smallest absolute Gasteiger partial charge is 0.341 e. The number of ether oxygens (including phenoxy) is 1. The Morgan fingerprint density at radius 3 is 2.92 bits per heavy atom. The van der Waals surface area contributed by atoms with Gasteiger partial charge in [-0.2, -0.15) is 5.10 Å². The fraction of sp³-hybridized carbons (Fsp3) is 0.500. The van der Waals surface area contributed by atoms with Gasteiger partial charge in [0.25, 0.3) is 0 Å². The third-order valence-electron chi connectivity index (χ3n) is 4.65. The molecule has 0 aromatic carbocycles. The van der Waals surface area contributed by atoms with Gasteiger partial charge in [0.05, 0.1) is 24.1 Å². The van der Waals surface area contributed by atoms with Crippen LogP contribution in [0, 0.1) is 12.8 Å². The summed E-state index contributed by atoms with van der Waals surface area (Å²) in [4.78, 5) is 13.6. The molecule has 2 aromatic heterocycles. The summed E-state index contributed by atoms with van der Waals surface area (Å²) < 4.78 is 6.87. The van der Waals surface area contributed by atoms with Crippen LogP contribution >= 0.6 is 23.6 Å². The summed E-state index contributed by atoms with van der Waals surface area (Å²) in [6, 6.07) is 0. The highest BCUT2D eigenvalue weighted by molar-refractivity contribution is 7.80. The molecule has 0 bridgehead atoms. The second-order valence-electron chi connectivity index (χ2n) is 6.61. The predicted octanol–water partition coefficient (Wildman–Crippen LogP) is 3.99. The highest BCUT2D eigenvalue weighted by Gasteiger charge is 2.28. The molecule has 2 heterocycles. The average Bonchev–Trinajstić information content (AvgIpc) is 3.13. The lowest BCUT2D eigenvalue weighted by Crippen LogP contribution is -2.20. The monoisotopic (exact) mass is 392 g/mol. The number of hydrogen-bond donors (Lipinski definition) is 2. The summed E-state index contributed by atoms with van der Waals surface area (Å²) in [6.07, 6.45) is 4.91. The number of rotatable bonds is 4. The summed E-state index contributed by atoms with van der Waals surface area (Å²) in [6.45, 7) is 7.01. The van der Waals surface area contributed by atoms with E-state index in [1.165, 1.54) is 12.0 Å². The zero-order valence-corrected chi connectivity index (χ0v) is 17.1. The number of thiophene rings is 1. The molecule has 1 atom stereocenters. The molecule has 26 heavy (non-hydrogen) atoms. The lowest BCUT2D eigenvalue weighted by atomic mass is 9.88. The summed E-state index contributed by atoms with van der Waals surface area (Å²) >= 11 is 7.07. The standard InChI is InChI=1S/C18H24N4O2S2/c1-5-22-9-13(11(3)21-22)19-18(25)20-16-15(17(23)24-4)12-7-6-10(2)8-14(12)26-16/h9-10H,5-8H2,1-4H3,(H2,19,20,25). The van der Waals surface area contributed by atoms with Crippen molar-refractivity contribution < 1.29 is 9.53 Å². The normalized spacial score (nSPS) is 16.1. The van der Waals surface area contributed by atoms with Gasteiger partial charge in [-0.3, -0.25) is 4.68 Å². The molecule has 0 fully saturated rings. The Bertz CT molecular complexity index is 841. The third-order valence-corrected chi connectivity index (χ3v) is 6.02. The minimum Gasteiger partial charge on any atom is -0.465 e. The van der Waals surface area contributed by atoms with Gasteiger partial charge in [0.2, 0.25) is 0 Å². The van der Waals surface area contributed by atoms with Gasteiger partial charge < -0.3 is 15.4 Å². The molecule has 140 valence electrons. The molecule has 8 heteroatoms. The largest absolute Gasteiger partial charge is 0.465 e. The minimum atomic E-state index is -0.308. The van der Waals surface area contributed by atoms with Crippen molar-refractivity contribution in [2.75, 3.05) is 17.7 Å². The topological polar surface area (TPSA) is 68.2 Å². The van der Waals surface area contributed by atoms with E-state index in [1.807, 2.05) is 24.7 Å². The number of nitrogens with one attached hydrogen (secondary N) is 2. The van der Waals surface area contributed by atoms with Crippen molar-refractivity contribution in [1.29, 1.82) is 0 Å². The van der Waals surface area contributed by atoms with Crippen LogP contribution < -0.4 is 10.6 Å². The first kappa shape index (κ1) is 18.8. The van der Waals surface area contributed by atoms with Crippen molar-refractivity contribution >= 4 is 45.3 Å². The molecule has 1 aliphatic rings. The maximum absolute atomic E-state index is 12.4. The zero-order valence-electron chi connectivity index (χ0n) is 15.5. The van der Waals surface area contributed by atoms with E-state index in [0.29, 0.717) is 16.6 Å². The Balaban J connectivity index is 1.83. The van der Waals surface area contributed by atoms with Gasteiger partial charge >= 0.3 is 5.97 Å². The van der Waals surface area contributed by atoms with Gasteiger partial charge in [-0.1, -0.05) is 6.92 Å². The quantitative estimate of drug-likeness (QED) is 0.606. The predicted molar refractivity (Wildman–Crippen MR) is 109 cm³/mol. The van der Waals surface area contributed by atoms with Crippen LogP contribution in [0.3, 0.4) is 0 Å². The van der Waals surface area contributed by atoms with Crippen LogP contribution in [0.4, 0.5) is 10.7 Å². The Morgan fingerprint density at radius 1 is 1.50 bits per heavy atom. The van der Waals surface area contributed by atoms with Crippen LogP contribution in [0.15, 0.2) is 6.20 Å². The van der Waals surface area contributed by atoms with Crippen molar-refractivity contribution in [3.05, 3.63) is 27.9 Å². The van der Waals surface area contributed by atoms with Crippen LogP contribution in [0.5, 0.6) is 0 Å². The van der Waals surface area contributed by atoms with Gasteiger partial charge in [0.15, 0.2) is 5.11 Å². The van der Waals surface area contributed by atoms with Crippen LogP contribution in [-0.4, -0.2) is 28.0 Å². The number of fused-ring (bicyclic) bond motifs is 1. The van der Waals surface area contributed by atoms with Crippen LogP contribution in [0.25, 0.3) is 0 Å². The number of thiocarbonyl (C=S) groups is 1. The van der Waals surface area contributed by atoms with E-state index in [4.69, 9.17) is 17.0 Å². The number of aromatic nitrogens is 2. The lowest BCUT2D eigenvalue weighted by molar-refractivity contribution is 0.0601. The molecular weight excluding hydrogens is 368 g/mol. The second kappa shape index (κ2) is 7.75.